The molecule has 1 heterocycles. The van der Waals surface area contributed by atoms with Crippen LogP contribution in [-0.4, -0.2) is 32.3 Å². The van der Waals surface area contributed by atoms with Crippen molar-refractivity contribution in [2.45, 2.75) is 38.6 Å². The van der Waals surface area contributed by atoms with Crippen LogP contribution < -0.4 is 5.32 Å². The van der Waals surface area contributed by atoms with Gasteiger partial charge in [-0.1, -0.05) is 25.0 Å². The first-order chi connectivity index (χ1) is 16.9. The third-order valence-corrected chi connectivity index (χ3v) is 6.56. The first-order valence-corrected chi connectivity index (χ1v) is 11.7. The fourth-order valence-electron chi connectivity index (χ4n) is 4.76. The minimum atomic E-state index is -0.987. The number of anilines is 1. The molecule has 176 valence electrons. The van der Waals surface area contributed by atoms with Crippen LogP contribution in [0.3, 0.4) is 0 Å². The molecule has 1 aliphatic carbocycles. The van der Waals surface area contributed by atoms with Gasteiger partial charge < -0.3 is 15.0 Å². The number of carbonyl (C=O) groups is 3. The van der Waals surface area contributed by atoms with E-state index in [1.54, 1.807) is 42.5 Å². The summed E-state index contributed by atoms with van der Waals surface area (Å²) in [5.74, 6) is -0.552. The SMILES string of the molecule is CC(=O)c1ccc(NC(=O)c2cccc(-c3nc4cc(C(=O)O)ccc4n3C3CCCC3)c2)cc1. The predicted molar refractivity (Wildman–Crippen MR) is 134 cm³/mol. The van der Waals surface area contributed by atoms with Crippen molar-refractivity contribution in [3.63, 3.8) is 0 Å². The van der Waals surface area contributed by atoms with E-state index in [9.17, 15) is 19.5 Å². The molecule has 0 unspecified atom stereocenters. The number of amides is 1. The standard InChI is InChI=1S/C28H25N3O4/c1-17(32)18-9-12-22(13-10-18)29-27(33)20-6-4-5-19(15-20)26-30-24-16-21(28(34)35)11-14-25(24)31(26)23-7-2-3-8-23/h4-6,9-16,23H,2-3,7-8H2,1H3,(H,29,33)(H,34,35). The van der Waals surface area contributed by atoms with Crippen LogP contribution >= 0.6 is 0 Å². The summed E-state index contributed by atoms with van der Waals surface area (Å²) in [4.78, 5) is 40.8. The number of nitrogens with one attached hydrogen (secondary N) is 1. The summed E-state index contributed by atoms with van der Waals surface area (Å²) in [5.41, 5.74) is 4.19. The van der Waals surface area contributed by atoms with Crippen molar-refractivity contribution in [2.75, 3.05) is 5.32 Å². The summed E-state index contributed by atoms with van der Waals surface area (Å²) in [6, 6.07) is 19.4. The second kappa shape index (κ2) is 9.18. The molecule has 4 aromatic rings. The second-order valence-electron chi connectivity index (χ2n) is 8.92. The van der Waals surface area contributed by atoms with Crippen molar-refractivity contribution in [2.24, 2.45) is 0 Å². The van der Waals surface area contributed by atoms with Gasteiger partial charge in [0.05, 0.1) is 16.6 Å². The average Bonchev–Trinajstić information content (AvgIpc) is 3.51. The van der Waals surface area contributed by atoms with Gasteiger partial charge in [-0.05, 0) is 74.4 Å². The highest BCUT2D eigenvalue weighted by Gasteiger charge is 2.24. The van der Waals surface area contributed by atoms with Gasteiger partial charge in [-0.2, -0.15) is 0 Å². The highest BCUT2D eigenvalue weighted by molar-refractivity contribution is 6.05. The molecule has 1 aromatic heterocycles. The predicted octanol–water partition coefficient (Wildman–Crippen LogP) is 5.97. The van der Waals surface area contributed by atoms with Gasteiger partial charge in [0.2, 0.25) is 0 Å². The van der Waals surface area contributed by atoms with Crippen molar-refractivity contribution >= 4 is 34.4 Å². The van der Waals surface area contributed by atoms with E-state index in [0.29, 0.717) is 22.3 Å². The van der Waals surface area contributed by atoms with E-state index < -0.39 is 5.97 Å². The van der Waals surface area contributed by atoms with E-state index in [0.717, 1.165) is 42.6 Å². The number of hydrogen-bond donors (Lipinski definition) is 2. The first-order valence-electron chi connectivity index (χ1n) is 11.7. The van der Waals surface area contributed by atoms with Crippen LogP contribution in [0.15, 0.2) is 66.7 Å². The molecule has 7 heteroatoms. The number of benzene rings is 3. The number of hydrogen-bond acceptors (Lipinski definition) is 4. The zero-order valence-electron chi connectivity index (χ0n) is 19.3. The number of fused-ring (bicyclic) bond motifs is 1. The summed E-state index contributed by atoms with van der Waals surface area (Å²) in [7, 11) is 0. The first kappa shape index (κ1) is 22.5. The summed E-state index contributed by atoms with van der Waals surface area (Å²) >= 11 is 0. The molecule has 0 radical (unpaired) electrons. The van der Waals surface area contributed by atoms with Crippen molar-refractivity contribution in [3.8, 4) is 11.4 Å². The van der Waals surface area contributed by atoms with Crippen LogP contribution in [0.4, 0.5) is 5.69 Å². The van der Waals surface area contributed by atoms with Crippen molar-refractivity contribution in [1.82, 2.24) is 9.55 Å². The maximum Gasteiger partial charge on any atom is 0.335 e. The molecule has 0 atom stereocenters. The zero-order valence-corrected chi connectivity index (χ0v) is 19.3. The van der Waals surface area contributed by atoms with Gasteiger partial charge >= 0.3 is 5.97 Å². The molecule has 0 aliphatic heterocycles. The fraction of sp³-hybridized carbons (Fsp3) is 0.214. The molecular weight excluding hydrogens is 442 g/mol. The Bertz CT molecular complexity index is 1450. The molecule has 1 saturated carbocycles. The summed E-state index contributed by atoms with van der Waals surface area (Å²) in [6.45, 7) is 1.50. The number of carbonyl (C=O) groups excluding carboxylic acids is 2. The lowest BCUT2D eigenvalue weighted by Gasteiger charge is -2.17. The molecule has 0 spiro atoms. The van der Waals surface area contributed by atoms with E-state index in [1.807, 2.05) is 24.3 Å². The topological polar surface area (TPSA) is 101 Å². The number of ketones is 1. The Hall–Kier alpha value is -4.26. The Balaban J connectivity index is 1.51. The monoisotopic (exact) mass is 467 g/mol. The van der Waals surface area contributed by atoms with Crippen LogP contribution in [0.1, 0.15) is 69.7 Å². The molecule has 2 N–H and O–H groups in total. The zero-order chi connectivity index (χ0) is 24.5. The minimum Gasteiger partial charge on any atom is -0.478 e. The molecule has 0 saturated heterocycles. The molecule has 7 nitrogen and oxygen atoms in total. The highest BCUT2D eigenvalue weighted by atomic mass is 16.4. The van der Waals surface area contributed by atoms with E-state index in [4.69, 9.17) is 4.98 Å². The maximum atomic E-state index is 13.0. The van der Waals surface area contributed by atoms with Crippen molar-refractivity contribution in [1.29, 1.82) is 0 Å². The molecule has 0 bridgehead atoms. The fourth-order valence-corrected chi connectivity index (χ4v) is 4.76. The number of Topliss-reactive ketones (excluding diaryl/α,β-unsaturated/α-hetero) is 1. The largest absolute Gasteiger partial charge is 0.478 e. The van der Waals surface area contributed by atoms with Gasteiger partial charge in [0.25, 0.3) is 5.91 Å². The normalized spacial score (nSPS) is 13.7. The molecule has 1 amide bonds. The summed E-state index contributed by atoms with van der Waals surface area (Å²) < 4.78 is 2.20. The van der Waals surface area contributed by atoms with Gasteiger partial charge in [-0.3, -0.25) is 9.59 Å². The number of aromatic carboxylic acids is 1. The van der Waals surface area contributed by atoms with Gasteiger partial charge in [0.15, 0.2) is 5.78 Å². The number of carboxylic acid groups (broad SMARTS) is 1. The van der Waals surface area contributed by atoms with E-state index in [-0.39, 0.29) is 23.3 Å². The molecule has 3 aromatic carbocycles. The Morgan fingerprint density at radius 3 is 2.31 bits per heavy atom. The Labute approximate surface area is 202 Å². The number of carboxylic acids is 1. The number of imidazole rings is 1. The van der Waals surface area contributed by atoms with Crippen LogP contribution in [0.2, 0.25) is 0 Å². The second-order valence-corrected chi connectivity index (χ2v) is 8.92. The van der Waals surface area contributed by atoms with E-state index >= 15 is 0 Å². The molecule has 1 fully saturated rings. The molecular formula is C28H25N3O4. The van der Waals surface area contributed by atoms with Crippen LogP contribution in [0.25, 0.3) is 22.4 Å². The van der Waals surface area contributed by atoms with Gasteiger partial charge in [-0.25, -0.2) is 9.78 Å². The van der Waals surface area contributed by atoms with Gasteiger partial charge in [-0.15, -0.1) is 0 Å². The number of rotatable bonds is 6. The molecule has 5 rings (SSSR count). The minimum absolute atomic E-state index is 0.0313. The smallest absolute Gasteiger partial charge is 0.335 e. The number of aromatic nitrogens is 2. The molecule has 1 aliphatic rings. The van der Waals surface area contributed by atoms with Crippen LogP contribution in [0, 0.1) is 0 Å². The van der Waals surface area contributed by atoms with Crippen LogP contribution in [0.5, 0.6) is 0 Å². The van der Waals surface area contributed by atoms with Crippen molar-refractivity contribution < 1.29 is 19.5 Å². The Morgan fingerprint density at radius 1 is 0.914 bits per heavy atom. The van der Waals surface area contributed by atoms with Gasteiger partial charge in [0.1, 0.15) is 5.82 Å². The summed E-state index contributed by atoms with van der Waals surface area (Å²) in [6.07, 6.45) is 4.36. The average molecular weight is 468 g/mol. The molecule has 35 heavy (non-hydrogen) atoms. The lowest BCUT2D eigenvalue weighted by atomic mass is 10.1. The van der Waals surface area contributed by atoms with Crippen molar-refractivity contribution in [3.05, 3.63) is 83.4 Å². The number of nitrogens with zero attached hydrogens (tertiary/aromatic N) is 2. The Morgan fingerprint density at radius 2 is 1.63 bits per heavy atom. The summed E-state index contributed by atoms with van der Waals surface area (Å²) in [5, 5.41) is 12.3. The van der Waals surface area contributed by atoms with E-state index in [1.165, 1.54) is 6.92 Å². The maximum absolute atomic E-state index is 13.0. The third-order valence-electron chi connectivity index (χ3n) is 6.56. The van der Waals surface area contributed by atoms with Gasteiger partial charge in [0, 0.05) is 28.4 Å². The third kappa shape index (κ3) is 4.45. The van der Waals surface area contributed by atoms with Crippen LogP contribution in [-0.2, 0) is 0 Å². The highest BCUT2D eigenvalue weighted by Crippen LogP contribution is 2.37. The quantitative estimate of drug-likeness (QED) is 0.340. The van der Waals surface area contributed by atoms with E-state index in [2.05, 4.69) is 9.88 Å². The lowest BCUT2D eigenvalue weighted by Crippen LogP contribution is -2.12. The Kier molecular flexibility index (Phi) is 5.91. The lowest BCUT2D eigenvalue weighted by molar-refractivity contribution is 0.0696.